The maximum Gasteiger partial charge on any atom is 0.523 e. The normalized spacial score (nSPS) is 23.1. The van der Waals surface area contributed by atoms with Crippen LogP contribution in [0.1, 0.15) is 20.1 Å². The fraction of sp³-hybridized carbons (Fsp3) is 0.562. The van der Waals surface area contributed by atoms with Crippen LogP contribution in [0.25, 0.3) is 11.2 Å². The summed E-state index contributed by atoms with van der Waals surface area (Å²) >= 11 is 0. The Balaban J connectivity index is 2.14. The lowest BCUT2D eigenvalue weighted by Crippen LogP contribution is -2.42. The summed E-state index contributed by atoms with van der Waals surface area (Å²) in [5.41, 5.74) is -0.290. The van der Waals surface area contributed by atoms with Crippen LogP contribution in [0.2, 0.25) is 0 Å². The van der Waals surface area contributed by atoms with Crippen molar-refractivity contribution in [2.75, 3.05) is 19.5 Å². The molecule has 4 atom stereocenters. The van der Waals surface area contributed by atoms with Crippen molar-refractivity contribution in [2.24, 2.45) is 0 Å². The quantitative estimate of drug-likeness (QED) is 0.298. The van der Waals surface area contributed by atoms with Crippen LogP contribution in [-0.2, 0) is 38.1 Å². The average Bonchev–Trinajstić information content (AvgIpc) is 3.26. The van der Waals surface area contributed by atoms with E-state index in [2.05, 4.69) is 19.1 Å². The SMILES string of the molecule is COc1nc(N)nc2c1ncn2C1OC(COC(C)=O)C(OC(C)=O)C1OS(=O)(=O)C(F)(F)F. The van der Waals surface area contributed by atoms with E-state index in [1.807, 2.05) is 0 Å². The zero-order chi connectivity index (χ0) is 25.4. The zero-order valence-electron chi connectivity index (χ0n) is 17.7. The minimum atomic E-state index is -6.20. The second-order valence-electron chi connectivity index (χ2n) is 6.82. The highest BCUT2D eigenvalue weighted by Crippen LogP contribution is 2.39. The number of nitrogens with zero attached hydrogens (tertiary/aromatic N) is 4. The number of rotatable bonds is 7. The fourth-order valence-electron chi connectivity index (χ4n) is 3.14. The molecule has 0 bridgehead atoms. The molecule has 188 valence electrons. The Hall–Kier alpha value is -3.25. The molecule has 1 saturated heterocycles. The summed E-state index contributed by atoms with van der Waals surface area (Å²) in [5.74, 6) is -2.18. The van der Waals surface area contributed by atoms with Crippen LogP contribution in [0.5, 0.6) is 5.88 Å². The van der Waals surface area contributed by atoms with Gasteiger partial charge in [0.15, 0.2) is 29.6 Å². The number of methoxy groups -OCH3 is 1. The molecule has 3 rings (SSSR count). The molecule has 4 unspecified atom stereocenters. The van der Waals surface area contributed by atoms with Crippen molar-refractivity contribution in [1.29, 1.82) is 0 Å². The number of aromatic nitrogens is 4. The first-order valence-electron chi connectivity index (χ1n) is 9.24. The number of fused-ring (bicyclic) bond motifs is 1. The number of anilines is 1. The first-order chi connectivity index (χ1) is 15.7. The van der Waals surface area contributed by atoms with Gasteiger partial charge >= 0.3 is 27.6 Å². The van der Waals surface area contributed by atoms with Crippen molar-refractivity contribution in [3.8, 4) is 5.88 Å². The third-order valence-corrected chi connectivity index (χ3v) is 5.48. The molecule has 2 aromatic rings. The number of ether oxygens (including phenoxy) is 4. The molecular formula is C16H18F3N5O9S. The van der Waals surface area contributed by atoms with Crippen LogP contribution in [0.3, 0.4) is 0 Å². The second-order valence-corrected chi connectivity index (χ2v) is 8.38. The van der Waals surface area contributed by atoms with E-state index in [4.69, 9.17) is 24.7 Å². The molecule has 14 nitrogen and oxygen atoms in total. The average molecular weight is 513 g/mol. The van der Waals surface area contributed by atoms with E-state index in [1.165, 1.54) is 7.11 Å². The van der Waals surface area contributed by atoms with Crippen molar-refractivity contribution in [3.05, 3.63) is 6.33 Å². The number of carbonyl (C=O) groups excluding carboxylic acids is 2. The van der Waals surface area contributed by atoms with Crippen LogP contribution in [-0.4, -0.2) is 77.4 Å². The minimum Gasteiger partial charge on any atom is -0.479 e. The molecule has 2 N–H and O–H groups in total. The molecule has 2 aromatic heterocycles. The van der Waals surface area contributed by atoms with Crippen LogP contribution < -0.4 is 10.5 Å². The predicted octanol–water partition coefficient (Wildman–Crippen LogP) is 0.0441. The predicted molar refractivity (Wildman–Crippen MR) is 102 cm³/mol. The fourth-order valence-corrected chi connectivity index (χ4v) is 3.74. The molecule has 3 heterocycles. The van der Waals surface area contributed by atoms with Gasteiger partial charge in [-0.15, -0.1) is 0 Å². The summed E-state index contributed by atoms with van der Waals surface area (Å²) in [4.78, 5) is 34.6. The number of halogens is 3. The maximum absolute atomic E-state index is 13.1. The lowest BCUT2D eigenvalue weighted by molar-refractivity contribution is -0.157. The first kappa shape index (κ1) is 25.4. The van der Waals surface area contributed by atoms with Gasteiger partial charge in [0, 0.05) is 13.8 Å². The molecule has 0 amide bonds. The van der Waals surface area contributed by atoms with Gasteiger partial charge in [0.2, 0.25) is 11.8 Å². The summed E-state index contributed by atoms with van der Waals surface area (Å²) in [7, 11) is -4.95. The monoisotopic (exact) mass is 513 g/mol. The largest absolute Gasteiger partial charge is 0.523 e. The number of hydrogen-bond acceptors (Lipinski definition) is 13. The molecule has 18 heteroatoms. The van der Waals surface area contributed by atoms with Crippen molar-refractivity contribution >= 4 is 39.2 Å². The van der Waals surface area contributed by atoms with Crippen LogP contribution in [0.4, 0.5) is 19.1 Å². The molecule has 1 aliphatic rings. The maximum atomic E-state index is 13.1. The Bertz CT molecular complexity index is 1200. The molecule has 1 fully saturated rings. The Morgan fingerprint density at radius 3 is 2.44 bits per heavy atom. The molecule has 34 heavy (non-hydrogen) atoms. The van der Waals surface area contributed by atoms with Crippen molar-refractivity contribution in [1.82, 2.24) is 19.5 Å². The standard InChI is InChI=1S/C16H18F3N5O9S/c1-6(25)30-4-8-10(31-7(2)26)11(33-34(27,28)16(17,18)19)14(32-8)24-5-21-9-12(24)22-15(20)23-13(9)29-3/h5,8,10-11,14H,4H2,1-3H3,(H2,20,22,23). The van der Waals surface area contributed by atoms with Crippen molar-refractivity contribution in [3.63, 3.8) is 0 Å². The van der Waals surface area contributed by atoms with Gasteiger partial charge in [0.05, 0.1) is 13.4 Å². The topological polar surface area (TPSA) is 184 Å². The Kier molecular flexibility index (Phi) is 6.85. The smallest absolute Gasteiger partial charge is 0.479 e. The summed E-state index contributed by atoms with van der Waals surface area (Å²) in [6.07, 6.45) is -5.97. The van der Waals surface area contributed by atoms with Gasteiger partial charge in [-0.3, -0.25) is 18.3 Å². The van der Waals surface area contributed by atoms with E-state index in [1.54, 1.807) is 0 Å². The highest BCUT2D eigenvalue weighted by Gasteiger charge is 2.56. The Labute approximate surface area is 189 Å². The van der Waals surface area contributed by atoms with E-state index in [0.29, 0.717) is 0 Å². The number of imidazole rings is 1. The molecule has 0 radical (unpaired) electrons. The Morgan fingerprint density at radius 2 is 1.88 bits per heavy atom. The third kappa shape index (κ3) is 4.97. The molecule has 0 aliphatic carbocycles. The molecular weight excluding hydrogens is 495 g/mol. The summed E-state index contributed by atoms with van der Waals surface area (Å²) in [5, 5.41) is 0. The van der Waals surface area contributed by atoms with Crippen LogP contribution >= 0.6 is 0 Å². The van der Waals surface area contributed by atoms with E-state index in [9.17, 15) is 31.2 Å². The van der Waals surface area contributed by atoms with Crippen molar-refractivity contribution < 1.29 is 54.3 Å². The molecule has 0 spiro atoms. The first-order valence-corrected chi connectivity index (χ1v) is 10.7. The lowest BCUT2D eigenvalue weighted by Gasteiger charge is -2.24. The summed E-state index contributed by atoms with van der Waals surface area (Å²) in [6.45, 7) is 1.37. The van der Waals surface area contributed by atoms with Gasteiger partial charge in [0.25, 0.3) is 0 Å². The van der Waals surface area contributed by atoms with Crippen LogP contribution in [0.15, 0.2) is 6.33 Å². The number of nitrogen functional groups attached to an aromatic ring is 1. The van der Waals surface area contributed by atoms with Gasteiger partial charge in [0.1, 0.15) is 12.7 Å². The van der Waals surface area contributed by atoms with Gasteiger partial charge < -0.3 is 24.7 Å². The molecule has 0 aromatic carbocycles. The second kappa shape index (κ2) is 9.18. The van der Waals surface area contributed by atoms with Gasteiger partial charge in [-0.2, -0.15) is 31.6 Å². The highest BCUT2D eigenvalue weighted by atomic mass is 32.2. The Morgan fingerprint density at radius 1 is 1.21 bits per heavy atom. The zero-order valence-corrected chi connectivity index (χ0v) is 18.5. The lowest BCUT2D eigenvalue weighted by atomic mass is 10.1. The number of esters is 2. The van der Waals surface area contributed by atoms with Crippen LogP contribution in [0, 0.1) is 0 Å². The molecule has 1 aliphatic heterocycles. The minimum absolute atomic E-state index is 0.00482. The van der Waals surface area contributed by atoms with E-state index < -0.39 is 58.7 Å². The van der Waals surface area contributed by atoms with Gasteiger partial charge in [-0.1, -0.05) is 0 Å². The number of hydrogen-bond donors (Lipinski definition) is 1. The summed E-state index contributed by atoms with van der Waals surface area (Å²) < 4.78 is 88.9. The third-order valence-electron chi connectivity index (χ3n) is 4.43. The summed E-state index contributed by atoms with van der Waals surface area (Å²) in [6, 6.07) is 0. The van der Waals surface area contributed by atoms with E-state index >= 15 is 0 Å². The highest BCUT2D eigenvalue weighted by molar-refractivity contribution is 7.87. The van der Waals surface area contributed by atoms with E-state index in [0.717, 1.165) is 24.7 Å². The number of alkyl halides is 3. The number of nitrogens with two attached hydrogens (primary N) is 1. The molecule has 0 saturated carbocycles. The number of carbonyl (C=O) groups is 2. The van der Waals surface area contributed by atoms with Crippen molar-refractivity contribution in [2.45, 2.75) is 43.9 Å². The van der Waals surface area contributed by atoms with Gasteiger partial charge in [-0.05, 0) is 0 Å². The van der Waals surface area contributed by atoms with Gasteiger partial charge in [-0.25, -0.2) is 4.98 Å². The van der Waals surface area contributed by atoms with E-state index in [-0.39, 0.29) is 23.0 Å².